The van der Waals surface area contributed by atoms with E-state index in [9.17, 15) is 14.9 Å². The topological polar surface area (TPSA) is 82.4 Å². The smallest absolute Gasteiger partial charge is 0.255 e. The molecule has 2 aromatic carbocycles. The number of nitriles is 1. The van der Waals surface area contributed by atoms with Crippen LogP contribution in [0.4, 0.5) is 0 Å². The highest BCUT2D eigenvalue weighted by atomic mass is 16.5. The average Bonchev–Trinajstić information content (AvgIpc) is 3.56. The van der Waals surface area contributed by atoms with Crippen LogP contribution in [0, 0.1) is 11.3 Å². The number of carbonyl (C=O) groups is 2. The van der Waals surface area contributed by atoms with Crippen molar-refractivity contribution in [2.24, 2.45) is 0 Å². The summed E-state index contributed by atoms with van der Waals surface area (Å²) in [5.74, 6) is -0.170. The summed E-state index contributed by atoms with van der Waals surface area (Å²) in [5, 5.41) is 12.5. The van der Waals surface area contributed by atoms with Crippen LogP contribution in [0.25, 0.3) is 11.1 Å². The molecule has 1 N–H and O–H groups in total. The molecule has 1 spiro atoms. The van der Waals surface area contributed by atoms with Gasteiger partial charge < -0.3 is 15.0 Å². The minimum Gasteiger partial charge on any atom is -0.352 e. The van der Waals surface area contributed by atoms with E-state index >= 15 is 0 Å². The SMILES string of the molecule is N#CC1(c2cccc(-c3ccc(C(=O)N4CCNC(=O)C5(CC5)OC4)cc3)c2)CCC1. The van der Waals surface area contributed by atoms with Gasteiger partial charge in [-0.05, 0) is 67.0 Å². The van der Waals surface area contributed by atoms with Crippen molar-refractivity contribution < 1.29 is 14.3 Å². The Kier molecular flexibility index (Phi) is 4.79. The van der Waals surface area contributed by atoms with Crippen molar-refractivity contribution in [2.75, 3.05) is 19.8 Å². The summed E-state index contributed by atoms with van der Waals surface area (Å²) in [6.07, 6.45) is 4.35. The fourth-order valence-corrected chi connectivity index (χ4v) is 4.42. The van der Waals surface area contributed by atoms with Gasteiger partial charge >= 0.3 is 0 Å². The van der Waals surface area contributed by atoms with Gasteiger partial charge in [-0.2, -0.15) is 5.26 Å². The molecule has 0 bridgehead atoms. The zero-order valence-electron chi connectivity index (χ0n) is 17.4. The minimum absolute atomic E-state index is 0.0636. The summed E-state index contributed by atoms with van der Waals surface area (Å²) in [6.45, 7) is 0.980. The van der Waals surface area contributed by atoms with Crippen LogP contribution < -0.4 is 5.32 Å². The number of amides is 2. The Hall–Kier alpha value is -3.17. The van der Waals surface area contributed by atoms with E-state index in [0.717, 1.165) is 36.0 Å². The number of hydrogen-bond acceptors (Lipinski definition) is 4. The minimum atomic E-state index is -0.727. The Morgan fingerprint density at radius 3 is 2.48 bits per heavy atom. The summed E-state index contributed by atoms with van der Waals surface area (Å²) < 4.78 is 5.78. The lowest BCUT2D eigenvalue weighted by Gasteiger charge is -2.35. The van der Waals surface area contributed by atoms with Gasteiger partial charge in [0.25, 0.3) is 11.8 Å². The van der Waals surface area contributed by atoms with Crippen LogP contribution in [0.1, 0.15) is 48.0 Å². The molecule has 2 aromatic rings. The molecule has 0 unspecified atom stereocenters. The fraction of sp³-hybridized carbons (Fsp3) is 0.400. The number of benzene rings is 2. The van der Waals surface area contributed by atoms with Gasteiger partial charge in [-0.15, -0.1) is 0 Å². The molecule has 1 saturated heterocycles. The first-order chi connectivity index (χ1) is 15.1. The molecule has 0 radical (unpaired) electrons. The Bertz CT molecular complexity index is 1060. The fourth-order valence-electron chi connectivity index (χ4n) is 4.42. The summed E-state index contributed by atoms with van der Waals surface area (Å²) in [4.78, 5) is 26.7. The normalized spacial score (nSPS) is 21.3. The first-order valence-electron chi connectivity index (χ1n) is 10.9. The van der Waals surface area contributed by atoms with Crippen molar-refractivity contribution in [3.8, 4) is 17.2 Å². The quantitative estimate of drug-likeness (QED) is 0.833. The lowest BCUT2D eigenvalue weighted by molar-refractivity contribution is -0.141. The van der Waals surface area contributed by atoms with E-state index in [-0.39, 0.29) is 24.0 Å². The van der Waals surface area contributed by atoms with Gasteiger partial charge in [-0.1, -0.05) is 30.3 Å². The monoisotopic (exact) mass is 415 g/mol. The second kappa shape index (κ2) is 7.51. The van der Waals surface area contributed by atoms with Gasteiger partial charge in [0.15, 0.2) is 0 Å². The van der Waals surface area contributed by atoms with E-state index in [2.05, 4.69) is 17.5 Å². The molecule has 5 rings (SSSR count). The number of ether oxygens (including phenoxy) is 1. The van der Waals surface area contributed by atoms with Crippen LogP contribution in [-0.2, 0) is 14.9 Å². The highest BCUT2D eigenvalue weighted by Crippen LogP contribution is 2.44. The second-order valence-corrected chi connectivity index (χ2v) is 8.80. The first kappa shape index (κ1) is 19.8. The number of rotatable bonds is 3. The summed E-state index contributed by atoms with van der Waals surface area (Å²) in [7, 11) is 0. The summed E-state index contributed by atoms with van der Waals surface area (Å²) in [5.41, 5.74) is 2.66. The van der Waals surface area contributed by atoms with Crippen LogP contribution >= 0.6 is 0 Å². The molecule has 31 heavy (non-hydrogen) atoms. The lowest BCUT2D eigenvalue weighted by atomic mass is 9.65. The molecule has 158 valence electrons. The molecule has 2 aliphatic carbocycles. The third-order valence-electron chi connectivity index (χ3n) is 6.87. The Morgan fingerprint density at radius 1 is 1.06 bits per heavy atom. The van der Waals surface area contributed by atoms with Crippen molar-refractivity contribution in [3.05, 3.63) is 59.7 Å². The van der Waals surface area contributed by atoms with Crippen molar-refractivity contribution >= 4 is 11.8 Å². The third-order valence-corrected chi connectivity index (χ3v) is 6.87. The van der Waals surface area contributed by atoms with Crippen LogP contribution in [-0.4, -0.2) is 42.1 Å². The molecular formula is C25H25N3O3. The van der Waals surface area contributed by atoms with Crippen molar-refractivity contribution in [2.45, 2.75) is 43.1 Å². The number of nitrogens with one attached hydrogen (secondary N) is 1. The first-order valence-corrected chi connectivity index (χ1v) is 10.9. The summed E-state index contributed by atoms with van der Waals surface area (Å²) in [6, 6.07) is 18.2. The predicted octanol–water partition coefficient (Wildman–Crippen LogP) is 3.38. The molecule has 6 nitrogen and oxygen atoms in total. The lowest BCUT2D eigenvalue weighted by Crippen LogP contribution is -2.49. The van der Waals surface area contributed by atoms with Gasteiger partial charge in [0.2, 0.25) is 0 Å². The molecule has 2 saturated carbocycles. The van der Waals surface area contributed by atoms with E-state index in [0.29, 0.717) is 31.5 Å². The Labute approximate surface area is 181 Å². The van der Waals surface area contributed by atoms with E-state index in [4.69, 9.17) is 4.74 Å². The van der Waals surface area contributed by atoms with Crippen molar-refractivity contribution in [3.63, 3.8) is 0 Å². The molecular weight excluding hydrogens is 390 g/mol. The van der Waals surface area contributed by atoms with Gasteiger partial charge in [0, 0.05) is 18.7 Å². The van der Waals surface area contributed by atoms with E-state index in [1.165, 1.54) is 0 Å². The Balaban J connectivity index is 1.32. The van der Waals surface area contributed by atoms with Crippen LogP contribution in [0.5, 0.6) is 0 Å². The third kappa shape index (κ3) is 3.49. The number of carbonyl (C=O) groups excluding carboxylic acids is 2. The molecule has 3 aliphatic rings. The van der Waals surface area contributed by atoms with Crippen LogP contribution in [0.3, 0.4) is 0 Å². The summed E-state index contributed by atoms with van der Waals surface area (Å²) >= 11 is 0. The highest BCUT2D eigenvalue weighted by Gasteiger charge is 2.52. The predicted molar refractivity (Wildman–Crippen MR) is 115 cm³/mol. The molecule has 2 amide bonds. The molecule has 0 aromatic heterocycles. The second-order valence-electron chi connectivity index (χ2n) is 8.80. The van der Waals surface area contributed by atoms with E-state index in [1.807, 2.05) is 42.5 Å². The highest BCUT2D eigenvalue weighted by molar-refractivity contribution is 5.95. The zero-order chi connectivity index (χ0) is 21.5. The largest absolute Gasteiger partial charge is 0.352 e. The van der Waals surface area contributed by atoms with Gasteiger partial charge in [-0.25, -0.2) is 0 Å². The van der Waals surface area contributed by atoms with Crippen molar-refractivity contribution in [1.82, 2.24) is 10.2 Å². The van der Waals surface area contributed by atoms with Crippen molar-refractivity contribution in [1.29, 1.82) is 5.26 Å². The molecule has 1 aliphatic heterocycles. The van der Waals surface area contributed by atoms with Crippen LogP contribution in [0.2, 0.25) is 0 Å². The number of nitrogens with zero attached hydrogens (tertiary/aromatic N) is 2. The van der Waals surface area contributed by atoms with E-state index < -0.39 is 5.60 Å². The molecule has 1 heterocycles. The Morgan fingerprint density at radius 2 is 1.84 bits per heavy atom. The maximum absolute atomic E-state index is 13.0. The number of hydrogen-bond donors (Lipinski definition) is 1. The van der Waals surface area contributed by atoms with Gasteiger partial charge in [0.1, 0.15) is 12.3 Å². The van der Waals surface area contributed by atoms with Crippen LogP contribution in [0.15, 0.2) is 48.5 Å². The zero-order valence-corrected chi connectivity index (χ0v) is 17.4. The molecule has 0 atom stereocenters. The standard InChI is InChI=1S/C25H25N3O3/c26-16-24(9-2-10-24)21-4-1-3-20(15-21)18-5-7-19(8-6-18)22(29)28-14-13-27-23(30)25(11-12-25)31-17-28/h1,3-8,15H,2,9-14,17H2,(H,27,30). The average molecular weight is 415 g/mol. The maximum atomic E-state index is 13.0. The van der Waals surface area contributed by atoms with E-state index in [1.54, 1.807) is 4.90 Å². The molecule has 3 fully saturated rings. The molecule has 6 heteroatoms. The maximum Gasteiger partial charge on any atom is 0.255 e. The van der Waals surface area contributed by atoms with Gasteiger partial charge in [0.05, 0.1) is 11.5 Å². The van der Waals surface area contributed by atoms with Gasteiger partial charge in [-0.3, -0.25) is 9.59 Å².